The summed E-state index contributed by atoms with van der Waals surface area (Å²) in [4.78, 5) is 37.3. The number of imidazole rings is 1. The molecule has 0 aliphatic heterocycles. The SMILES string of the molecule is CCc1ccccc1Nc1c(C(N)=O)cnc2[nH]c(-c3ccccn3)nc12.O=C(O)C(F)(F)F. The van der Waals surface area contributed by atoms with Crippen LogP contribution < -0.4 is 11.1 Å². The van der Waals surface area contributed by atoms with Crippen molar-refractivity contribution in [3.05, 3.63) is 66.0 Å². The summed E-state index contributed by atoms with van der Waals surface area (Å²) < 4.78 is 31.7. The summed E-state index contributed by atoms with van der Waals surface area (Å²) in [5.74, 6) is -2.75. The predicted octanol–water partition coefficient (Wildman–Crippen LogP) is 4.06. The molecule has 0 saturated carbocycles. The van der Waals surface area contributed by atoms with Crippen LogP contribution in [0.25, 0.3) is 22.7 Å². The van der Waals surface area contributed by atoms with Gasteiger partial charge in [-0.1, -0.05) is 31.2 Å². The number of carboxylic acid groups (broad SMARTS) is 1. The number of aromatic nitrogens is 4. The van der Waals surface area contributed by atoms with E-state index in [2.05, 4.69) is 32.2 Å². The molecule has 9 nitrogen and oxygen atoms in total. The van der Waals surface area contributed by atoms with Crippen molar-refractivity contribution in [2.45, 2.75) is 19.5 Å². The summed E-state index contributed by atoms with van der Waals surface area (Å²) in [6, 6.07) is 13.5. The van der Waals surface area contributed by atoms with Crippen LogP contribution in [-0.2, 0) is 11.2 Å². The second kappa shape index (κ2) is 9.98. The maximum atomic E-state index is 12.0. The van der Waals surface area contributed by atoms with Gasteiger partial charge in [-0.15, -0.1) is 0 Å². The van der Waals surface area contributed by atoms with Gasteiger partial charge in [-0.2, -0.15) is 13.2 Å². The highest BCUT2D eigenvalue weighted by atomic mass is 19.4. The van der Waals surface area contributed by atoms with Crippen molar-refractivity contribution < 1.29 is 27.9 Å². The van der Waals surface area contributed by atoms with E-state index in [1.807, 2.05) is 42.5 Å². The number of alkyl halides is 3. The van der Waals surface area contributed by atoms with E-state index >= 15 is 0 Å². The van der Waals surface area contributed by atoms with Crippen LogP contribution in [0, 0.1) is 0 Å². The summed E-state index contributed by atoms with van der Waals surface area (Å²) in [5, 5.41) is 10.5. The van der Waals surface area contributed by atoms with Crippen LogP contribution >= 0.6 is 0 Å². The summed E-state index contributed by atoms with van der Waals surface area (Å²) in [5.41, 5.74) is 10.2. The van der Waals surface area contributed by atoms with Gasteiger partial charge in [0.05, 0.1) is 11.3 Å². The number of aliphatic carboxylic acids is 1. The Hall–Kier alpha value is -4.48. The van der Waals surface area contributed by atoms with Crippen LogP contribution in [0.5, 0.6) is 0 Å². The maximum absolute atomic E-state index is 12.0. The number of hydrogen-bond donors (Lipinski definition) is 4. The molecule has 0 aliphatic rings. The number of nitrogens with two attached hydrogens (primary N) is 1. The monoisotopic (exact) mass is 472 g/mol. The number of aromatic amines is 1. The van der Waals surface area contributed by atoms with E-state index in [9.17, 15) is 18.0 Å². The van der Waals surface area contributed by atoms with Crippen molar-refractivity contribution in [3.8, 4) is 11.5 Å². The molecule has 176 valence electrons. The van der Waals surface area contributed by atoms with Crippen LogP contribution in [-0.4, -0.2) is 43.1 Å². The quantitative estimate of drug-likeness (QED) is 0.342. The Balaban J connectivity index is 0.000000406. The topological polar surface area (TPSA) is 147 Å². The molecule has 0 bridgehead atoms. The van der Waals surface area contributed by atoms with E-state index in [0.717, 1.165) is 17.7 Å². The molecule has 1 amide bonds. The number of benzene rings is 1. The molecule has 0 aliphatic carbocycles. The van der Waals surface area contributed by atoms with Crippen LogP contribution in [0.2, 0.25) is 0 Å². The third kappa shape index (κ3) is 5.46. The zero-order chi connectivity index (χ0) is 24.9. The zero-order valence-corrected chi connectivity index (χ0v) is 17.7. The molecule has 0 spiro atoms. The minimum atomic E-state index is -5.08. The van der Waals surface area contributed by atoms with E-state index < -0.39 is 18.1 Å². The van der Waals surface area contributed by atoms with Crippen molar-refractivity contribution >= 4 is 34.4 Å². The van der Waals surface area contributed by atoms with Gasteiger partial charge in [0.1, 0.15) is 11.2 Å². The number of anilines is 2. The van der Waals surface area contributed by atoms with E-state index in [1.54, 1.807) is 6.20 Å². The normalized spacial score (nSPS) is 10.9. The number of pyridine rings is 2. The molecule has 5 N–H and O–H groups in total. The Morgan fingerprint density at radius 3 is 2.38 bits per heavy atom. The number of amides is 1. The van der Waals surface area contributed by atoms with Gasteiger partial charge in [0, 0.05) is 18.1 Å². The molecular weight excluding hydrogens is 453 g/mol. The van der Waals surface area contributed by atoms with Gasteiger partial charge in [0.25, 0.3) is 5.91 Å². The smallest absolute Gasteiger partial charge is 0.475 e. The highest BCUT2D eigenvalue weighted by Crippen LogP contribution is 2.31. The van der Waals surface area contributed by atoms with E-state index in [4.69, 9.17) is 15.6 Å². The Kier molecular flexibility index (Phi) is 7.09. The van der Waals surface area contributed by atoms with E-state index in [-0.39, 0.29) is 5.56 Å². The van der Waals surface area contributed by atoms with E-state index in [1.165, 1.54) is 6.20 Å². The molecule has 0 saturated heterocycles. The number of H-pyrrole nitrogens is 1. The number of nitrogens with one attached hydrogen (secondary N) is 2. The lowest BCUT2D eigenvalue weighted by Crippen LogP contribution is -2.21. The first kappa shape index (κ1) is 24.2. The fourth-order valence-corrected chi connectivity index (χ4v) is 2.98. The number of para-hydroxylation sites is 1. The Labute approximate surface area is 190 Å². The van der Waals surface area contributed by atoms with Crippen LogP contribution in [0.15, 0.2) is 54.9 Å². The first-order valence-electron chi connectivity index (χ1n) is 9.86. The van der Waals surface area contributed by atoms with Crippen molar-refractivity contribution in [1.82, 2.24) is 19.9 Å². The molecule has 4 aromatic rings. The number of halogens is 3. The lowest BCUT2D eigenvalue weighted by atomic mass is 10.1. The second-order valence-corrected chi connectivity index (χ2v) is 6.85. The lowest BCUT2D eigenvalue weighted by Gasteiger charge is -2.13. The fraction of sp³-hybridized carbons (Fsp3) is 0.136. The fourth-order valence-electron chi connectivity index (χ4n) is 2.98. The molecule has 0 unspecified atom stereocenters. The Morgan fingerprint density at radius 2 is 1.79 bits per heavy atom. The number of rotatable bonds is 5. The molecule has 12 heteroatoms. The average Bonchev–Trinajstić information content (AvgIpc) is 3.25. The predicted molar refractivity (Wildman–Crippen MR) is 118 cm³/mol. The molecule has 0 radical (unpaired) electrons. The molecule has 1 aromatic carbocycles. The molecule has 4 rings (SSSR count). The number of carbonyl (C=O) groups excluding carboxylic acids is 1. The van der Waals surface area contributed by atoms with Gasteiger partial charge in [0.2, 0.25) is 0 Å². The van der Waals surface area contributed by atoms with Crippen LogP contribution in [0.1, 0.15) is 22.8 Å². The molecule has 0 atom stereocenters. The largest absolute Gasteiger partial charge is 0.490 e. The minimum absolute atomic E-state index is 0.285. The third-order valence-electron chi connectivity index (χ3n) is 4.59. The number of hydrogen-bond acceptors (Lipinski definition) is 6. The van der Waals surface area contributed by atoms with Gasteiger partial charge in [-0.05, 0) is 30.2 Å². The van der Waals surface area contributed by atoms with Crippen molar-refractivity contribution in [2.24, 2.45) is 5.73 Å². The molecule has 3 heterocycles. The number of nitrogens with zero attached hydrogens (tertiary/aromatic N) is 3. The Bertz CT molecular complexity index is 1320. The van der Waals surface area contributed by atoms with Crippen molar-refractivity contribution in [3.63, 3.8) is 0 Å². The highest BCUT2D eigenvalue weighted by molar-refractivity contribution is 6.06. The molecular formula is C22H19F3N6O3. The number of fused-ring (bicyclic) bond motifs is 1. The number of carboxylic acids is 1. The van der Waals surface area contributed by atoms with Crippen LogP contribution in [0.3, 0.4) is 0 Å². The van der Waals surface area contributed by atoms with Gasteiger partial charge >= 0.3 is 12.1 Å². The second-order valence-electron chi connectivity index (χ2n) is 6.85. The summed E-state index contributed by atoms with van der Waals surface area (Å²) >= 11 is 0. The molecule has 0 fully saturated rings. The highest BCUT2D eigenvalue weighted by Gasteiger charge is 2.38. The molecule has 3 aromatic heterocycles. The summed E-state index contributed by atoms with van der Waals surface area (Å²) in [7, 11) is 0. The average molecular weight is 472 g/mol. The zero-order valence-electron chi connectivity index (χ0n) is 17.7. The van der Waals surface area contributed by atoms with E-state index in [0.29, 0.717) is 28.4 Å². The van der Waals surface area contributed by atoms with Gasteiger partial charge in [-0.25, -0.2) is 14.8 Å². The first-order valence-corrected chi connectivity index (χ1v) is 9.86. The maximum Gasteiger partial charge on any atom is 0.490 e. The summed E-state index contributed by atoms with van der Waals surface area (Å²) in [6.07, 6.45) is -1.08. The first-order chi connectivity index (χ1) is 16.1. The van der Waals surface area contributed by atoms with Crippen molar-refractivity contribution in [2.75, 3.05) is 5.32 Å². The number of primary amides is 1. The van der Waals surface area contributed by atoms with Crippen LogP contribution in [0.4, 0.5) is 24.5 Å². The van der Waals surface area contributed by atoms with Gasteiger partial charge in [0.15, 0.2) is 11.5 Å². The summed E-state index contributed by atoms with van der Waals surface area (Å²) in [6.45, 7) is 2.07. The number of carbonyl (C=O) groups is 2. The number of aryl methyl sites for hydroxylation is 1. The third-order valence-corrected chi connectivity index (χ3v) is 4.59. The van der Waals surface area contributed by atoms with Gasteiger partial charge < -0.3 is 21.1 Å². The lowest BCUT2D eigenvalue weighted by molar-refractivity contribution is -0.192. The Morgan fingerprint density at radius 1 is 1.12 bits per heavy atom. The molecule has 34 heavy (non-hydrogen) atoms. The van der Waals surface area contributed by atoms with Crippen molar-refractivity contribution in [1.29, 1.82) is 0 Å². The minimum Gasteiger partial charge on any atom is -0.475 e. The standard InChI is InChI=1S/C20H18N6O.C2HF3O2/c1-2-12-7-3-4-8-14(12)24-16-13(18(21)27)11-23-20-17(16)25-19(26-20)15-9-5-6-10-22-15;3-2(4,5)1(6)7/h3-11H,2H2,1H3,(H2,21,27)(H2,23,24,25,26);(H,6,7). The van der Waals surface area contributed by atoms with Gasteiger partial charge in [-0.3, -0.25) is 9.78 Å².